The lowest BCUT2D eigenvalue weighted by atomic mass is 10.0. The molecule has 0 saturated carbocycles. The Labute approximate surface area is 167 Å². The summed E-state index contributed by atoms with van der Waals surface area (Å²) in [6.45, 7) is 5.37. The fraction of sp³-hybridized carbons (Fsp3) is 0.292. The number of nitrogens with one attached hydrogen (secondary N) is 1. The molecule has 1 amide bonds. The van der Waals surface area contributed by atoms with Gasteiger partial charge in [-0.25, -0.2) is 0 Å². The van der Waals surface area contributed by atoms with Crippen LogP contribution in [0.15, 0.2) is 66.9 Å². The predicted octanol–water partition coefficient (Wildman–Crippen LogP) is 4.24. The second-order valence-corrected chi connectivity index (χ2v) is 7.55. The summed E-state index contributed by atoms with van der Waals surface area (Å²) in [6, 6.07) is 18.1. The molecule has 3 rings (SSSR count). The quantitative estimate of drug-likeness (QED) is 0.579. The number of aromatic nitrogens is 1. The summed E-state index contributed by atoms with van der Waals surface area (Å²) in [6.07, 6.45) is 6.34. The fourth-order valence-corrected chi connectivity index (χ4v) is 3.19. The van der Waals surface area contributed by atoms with Crippen LogP contribution >= 0.6 is 0 Å². The van der Waals surface area contributed by atoms with Gasteiger partial charge in [-0.3, -0.25) is 4.79 Å². The van der Waals surface area contributed by atoms with Gasteiger partial charge in [0.1, 0.15) is 0 Å². The number of amides is 1. The van der Waals surface area contributed by atoms with Gasteiger partial charge in [-0.05, 0) is 35.6 Å². The Morgan fingerprint density at radius 3 is 2.57 bits per heavy atom. The molecule has 0 saturated heterocycles. The number of carbonyl (C=O) groups excluding carboxylic acids is 1. The van der Waals surface area contributed by atoms with Crippen LogP contribution in [0.1, 0.15) is 25.0 Å². The number of carbonyl (C=O) groups is 1. The van der Waals surface area contributed by atoms with Crippen LogP contribution in [0.2, 0.25) is 0 Å². The third-order valence-electron chi connectivity index (χ3n) is 5.14. The molecule has 4 heteroatoms. The number of benzene rings is 2. The molecule has 0 aliphatic heterocycles. The molecule has 0 aliphatic rings. The van der Waals surface area contributed by atoms with E-state index in [0.29, 0.717) is 19.0 Å². The van der Waals surface area contributed by atoms with Crippen LogP contribution in [0.25, 0.3) is 17.0 Å². The lowest BCUT2D eigenvalue weighted by Gasteiger charge is -2.26. The van der Waals surface area contributed by atoms with Crippen molar-refractivity contribution in [2.45, 2.75) is 26.3 Å². The number of para-hydroxylation sites is 1. The molecule has 1 atom stereocenters. The Hall–Kier alpha value is -2.85. The van der Waals surface area contributed by atoms with Crippen molar-refractivity contribution in [1.29, 1.82) is 0 Å². The van der Waals surface area contributed by atoms with Crippen LogP contribution < -0.4 is 5.73 Å². The third kappa shape index (κ3) is 5.11. The molecule has 0 unspecified atom stereocenters. The van der Waals surface area contributed by atoms with E-state index in [-0.39, 0.29) is 11.9 Å². The van der Waals surface area contributed by atoms with Crippen LogP contribution in [0.3, 0.4) is 0 Å². The second kappa shape index (κ2) is 9.38. The van der Waals surface area contributed by atoms with Crippen molar-refractivity contribution in [3.8, 4) is 0 Å². The zero-order valence-electron chi connectivity index (χ0n) is 16.6. The maximum Gasteiger partial charge on any atom is 0.246 e. The zero-order valence-corrected chi connectivity index (χ0v) is 16.6. The Balaban J connectivity index is 1.72. The van der Waals surface area contributed by atoms with Gasteiger partial charge in [0.25, 0.3) is 0 Å². The molecule has 146 valence electrons. The molecule has 28 heavy (non-hydrogen) atoms. The van der Waals surface area contributed by atoms with Crippen molar-refractivity contribution in [3.63, 3.8) is 0 Å². The minimum atomic E-state index is -0.0444. The summed E-state index contributed by atoms with van der Waals surface area (Å²) in [5.74, 6) is 0.321. The molecule has 4 nitrogen and oxygen atoms in total. The van der Waals surface area contributed by atoms with E-state index < -0.39 is 0 Å². The van der Waals surface area contributed by atoms with Gasteiger partial charge in [0.05, 0.1) is 0 Å². The zero-order chi connectivity index (χ0) is 19.9. The Morgan fingerprint density at radius 1 is 1.11 bits per heavy atom. The molecule has 1 heterocycles. The highest BCUT2D eigenvalue weighted by molar-refractivity contribution is 5.92. The Bertz CT molecular complexity index is 927. The summed E-state index contributed by atoms with van der Waals surface area (Å²) in [5, 5.41) is 1.21. The molecule has 1 aromatic heterocycles. The van der Waals surface area contributed by atoms with Crippen molar-refractivity contribution < 1.29 is 4.79 Å². The molecule has 3 N–H and O–H groups in total. The summed E-state index contributed by atoms with van der Waals surface area (Å²) in [4.78, 5) is 18.0. The first-order valence-corrected chi connectivity index (χ1v) is 9.87. The highest BCUT2D eigenvalue weighted by Gasteiger charge is 2.17. The highest BCUT2D eigenvalue weighted by Crippen LogP contribution is 2.18. The number of hydrogen-bond acceptors (Lipinski definition) is 2. The topological polar surface area (TPSA) is 62.1 Å². The van der Waals surface area contributed by atoms with Crippen LogP contribution in [-0.4, -0.2) is 34.9 Å². The van der Waals surface area contributed by atoms with E-state index in [4.69, 9.17) is 5.73 Å². The van der Waals surface area contributed by atoms with Crippen molar-refractivity contribution in [2.75, 3.05) is 13.1 Å². The maximum absolute atomic E-state index is 12.9. The average molecular weight is 376 g/mol. The number of rotatable bonds is 8. The predicted molar refractivity (Wildman–Crippen MR) is 117 cm³/mol. The number of nitrogens with zero attached hydrogens (tertiary/aromatic N) is 1. The third-order valence-corrected chi connectivity index (χ3v) is 5.14. The van der Waals surface area contributed by atoms with Gasteiger partial charge in [-0.15, -0.1) is 0 Å². The van der Waals surface area contributed by atoms with E-state index in [1.807, 2.05) is 59.6 Å². The van der Waals surface area contributed by atoms with Gasteiger partial charge in [-0.2, -0.15) is 0 Å². The normalized spacial score (nSPS) is 12.7. The van der Waals surface area contributed by atoms with Crippen LogP contribution in [-0.2, 0) is 11.2 Å². The largest absolute Gasteiger partial charge is 0.361 e. The lowest BCUT2D eigenvalue weighted by Crippen LogP contribution is -2.43. The van der Waals surface area contributed by atoms with Crippen LogP contribution in [0.4, 0.5) is 0 Å². The molecular weight excluding hydrogens is 346 g/mol. The van der Waals surface area contributed by atoms with Crippen LogP contribution in [0.5, 0.6) is 0 Å². The number of fused-ring (bicyclic) bond motifs is 1. The molecule has 2 aromatic carbocycles. The highest BCUT2D eigenvalue weighted by atomic mass is 16.2. The minimum Gasteiger partial charge on any atom is -0.361 e. The average Bonchev–Trinajstić information content (AvgIpc) is 3.13. The van der Waals surface area contributed by atoms with E-state index >= 15 is 0 Å². The Kier molecular flexibility index (Phi) is 6.66. The number of hydrogen-bond donors (Lipinski definition) is 2. The number of H-pyrrole nitrogens is 1. The van der Waals surface area contributed by atoms with Crippen molar-refractivity contribution in [3.05, 3.63) is 78.0 Å². The van der Waals surface area contributed by atoms with Gasteiger partial charge < -0.3 is 15.6 Å². The van der Waals surface area contributed by atoms with E-state index in [0.717, 1.165) is 17.5 Å². The van der Waals surface area contributed by atoms with E-state index in [9.17, 15) is 4.79 Å². The van der Waals surface area contributed by atoms with Gasteiger partial charge in [0.2, 0.25) is 5.91 Å². The fourth-order valence-electron chi connectivity index (χ4n) is 3.19. The first-order valence-electron chi connectivity index (χ1n) is 9.87. The standard InChI is InChI=1S/C24H29N3O/c1-18(2)22(25)17-27(24(28)13-12-19-8-4-3-5-9-19)15-14-20-16-26-23-11-7-6-10-21(20)23/h3-13,16,18,22,26H,14-15,17,25H2,1-2H3/b13-12+/t22-/m1/s1. The number of nitrogens with two attached hydrogens (primary N) is 1. The summed E-state index contributed by atoms with van der Waals surface area (Å²) in [5.41, 5.74) is 9.64. The summed E-state index contributed by atoms with van der Waals surface area (Å²) < 4.78 is 0. The molecule has 0 radical (unpaired) electrons. The molecule has 3 aromatic rings. The molecule has 0 fully saturated rings. The smallest absolute Gasteiger partial charge is 0.246 e. The molecule has 0 aliphatic carbocycles. The van der Waals surface area contributed by atoms with E-state index in [2.05, 4.69) is 31.0 Å². The van der Waals surface area contributed by atoms with Gasteiger partial charge in [0, 0.05) is 42.3 Å². The van der Waals surface area contributed by atoms with E-state index in [1.54, 1.807) is 6.08 Å². The molecule has 0 spiro atoms. The van der Waals surface area contributed by atoms with Crippen molar-refractivity contribution in [1.82, 2.24) is 9.88 Å². The molecular formula is C24H29N3O. The molecule has 0 bridgehead atoms. The van der Waals surface area contributed by atoms with Gasteiger partial charge in [0.15, 0.2) is 0 Å². The minimum absolute atomic E-state index is 0.000190. The van der Waals surface area contributed by atoms with Crippen molar-refractivity contribution in [2.24, 2.45) is 11.7 Å². The monoisotopic (exact) mass is 375 g/mol. The van der Waals surface area contributed by atoms with E-state index in [1.165, 1.54) is 10.9 Å². The summed E-state index contributed by atoms with van der Waals surface area (Å²) in [7, 11) is 0. The summed E-state index contributed by atoms with van der Waals surface area (Å²) >= 11 is 0. The van der Waals surface area contributed by atoms with Crippen LogP contribution in [0, 0.1) is 5.92 Å². The first-order chi connectivity index (χ1) is 13.5. The SMILES string of the molecule is CC(C)[C@H](N)CN(CCc1c[nH]c2ccccc12)C(=O)/C=C/c1ccccc1. The maximum atomic E-state index is 12.9. The van der Waals surface area contributed by atoms with Crippen molar-refractivity contribution >= 4 is 22.9 Å². The second-order valence-electron chi connectivity index (χ2n) is 7.55. The van der Waals surface area contributed by atoms with Gasteiger partial charge in [-0.1, -0.05) is 62.4 Å². The first kappa shape index (κ1) is 19.9. The Morgan fingerprint density at radius 2 is 1.82 bits per heavy atom. The van der Waals surface area contributed by atoms with Gasteiger partial charge >= 0.3 is 0 Å². The lowest BCUT2D eigenvalue weighted by molar-refractivity contribution is -0.126. The number of aromatic amines is 1.